The molecule has 0 aromatic rings. The fraction of sp³-hybridized carbons (Fsp3) is 0.818. The average molecular weight is 245 g/mol. The standard InChI is InChI=1S/C11H19NO5/c1-2-5-16-6-3-10(13)12-4-7-17-9(8-12)11(14)15/h9H,2-8H2,1H3,(H,14,15). The maximum absolute atomic E-state index is 11.7. The smallest absolute Gasteiger partial charge is 0.334 e. The van der Waals surface area contributed by atoms with Gasteiger partial charge in [0.15, 0.2) is 6.10 Å². The van der Waals surface area contributed by atoms with Crippen LogP contribution in [-0.4, -0.2) is 60.9 Å². The minimum Gasteiger partial charge on any atom is -0.479 e. The van der Waals surface area contributed by atoms with Crippen molar-refractivity contribution in [3.05, 3.63) is 0 Å². The Bertz CT molecular complexity index is 269. The van der Waals surface area contributed by atoms with E-state index in [9.17, 15) is 9.59 Å². The van der Waals surface area contributed by atoms with Crippen LogP contribution in [0.2, 0.25) is 0 Å². The van der Waals surface area contributed by atoms with Crippen molar-refractivity contribution in [2.24, 2.45) is 0 Å². The number of hydrogen-bond donors (Lipinski definition) is 1. The molecule has 1 amide bonds. The van der Waals surface area contributed by atoms with Gasteiger partial charge in [-0.1, -0.05) is 6.92 Å². The lowest BCUT2D eigenvalue weighted by Crippen LogP contribution is -2.48. The fourth-order valence-electron chi connectivity index (χ4n) is 1.59. The molecule has 1 N–H and O–H groups in total. The van der Waals surface area contributed by atoms with Crippen LogP contribution in [0, 0.1) is 0 Å². The number of carbonyl (C=O) groups excluding carboxylic acids is 1. The van der Waals surface area contributed by atoms with Gasteiger partial charge in [0.25, 0.3) is 0 Å². The highest BCUT2D eigenvalue weighted by Crippen LogP contribution is 2.07. The van der Waals surface area contributed by atoms with E-state index in [-0.39, 0.29) is 19.1 Å². The number of aliphatic carboxylic acids is 1. The maximum atomic E-state index is 11.7. The van der Waals surface area contributed by atoms with Crippen LogP contribution in [-0.2, 0) is 19.1 Å². The number of amides is 1. The summed E-state index contributed by atoms with van der Waals surface area (Å²) in [6, 6.07) is 0. The van der Waals surface area contributed by atoms with Gasteiger partial charge in [0.2, 0.25) is 5.91 Å². The van der Waals surface area contributed by atoms with Crippen molar-refractivity contribution in [1.29, 1.82) is 0 Å². The van der Waals surface area contributed by atoms with E-state index in [0.717, 1.165) is 6.42 Å². The zero-order valence-electron chi connectivity index (χ0n) is 10.1. The van der Waals surface area contributed by atoms with E-state index >= 15 is 0 Å². The van der Waals surface area contributed by atoms with Gasteiger partial charge in [0, 0.05) is 13.2 Å². The molecule has 1 saturated heterocycles. The minimum atomic E-state index is -1.02. The number of nitrogens with zero attached hydrogens (tertiary/aromatic N) is 1. The van der Waals surface area contributed by atoms with Gasteiger partial charge in [-0.25, -0.2) is 4.79 Å². The molecule has 0 aromatic carbocycles. The molecule has 1 atom stereocenters. The summed E-state index contributed by atoms with van der Waals surface area (Å²) in [6.07, 6.45) is 0.323. The molecule has 6 nitrogen and oxygen atoms in total. The van der Waals surface area contributed by atoms with Crippen molar-refractivity contribution in [3.8, 4) is 0 Å². The molecule has 0 saturated carbocycles. The van der Waals surface area contributed by atoms with E-state index in [1.54, 1.807) is 0 Å². The summed E-state index contributed by atoms with van der Waals surface area (Å²) in [6.45, 7) is 3.90. The molecule has 0 radical (unpaired) electrons. The number of morpholine rings is 1. The Labute approximate surface area is 100 Å². The van der Waals surface area contributed by atoms with Crippen LogP contribution in [0.1, 0.15) is 19.8 Å². The molecule has 6 heteroatoms. The molecule has 1 fully saturated rings. The zero-order chi connectivity index (χ0) is 12.7. The third-order valence-corrected chi connectivity index (χ3v) is 2.50. The van der Waals surface area contributed by atoms with E-state index < -0.39 is 12.1 Å². The van der Waals surface area contributed by atoms with E-state index in [2.05, 4.69) is 0 Å². The summed E-state index contributed by atoms with van der Waals surface area (Å²) < 4.78 is 10.3. The Morgan fingerprint density at radius 3 is 2.88 bits per heavy atom. The van der Waals surface area contributed by atoms with Gasteiger partial charge in [0.05, 0.1) is 26.2 Å². The second-order valence-electron chi connectivity index (χ2n) is 3.90. The fourth-order valence-corrected chi connectivity index (χ4v) is 1.59. The van der Waals surface area contributed by atoms with Crippen molar-refractivity contribution in [1.82, 2.24) is 4.90 Å². The third kappa shape index (κ3) is 4.70. The maximum Gasteiger partial charge on any atom is 0.334 e. The number of carbonyl (C=O) groups is 2. The number of ether oxygens (including phenoxy) is 2. The SMILES string of the molecule is CCCOCCC(=O)N1CCOC(C(=O)O)C1. The van der Waals surface area contributed by atoms with Gasteiger partial charge in [-0.3, -0.25) is 4.79 Å². The van der Waals surface area contributed by atoms with Crippen molar-refractivity contribution >= 4 is 11.9 Å². The van der Waals surface area contributed by atoms with Gasteiger partial charge in [-0.05, 0) is 6.42 Å². The van der Waals surface area contributed by atoms with Crippen LogP contribution in [0.25, 0.3) is 0 Å². The predicted octanol–water partition coefficient (Wildman–Crippen LogP) is 0.115. The normalized spacial score (nSPS) is 20.3. The Balaban J connectivity index is 2.28. The summed E-state index contributed by atoms with van der Waals surface area (Å²) >= 11 is 0. The summed E-state index contributed by atoms with van der Waals surface area (Å²) in [7, 11) is 0. The quantitative estimate of drug-likeness (QED) is 0.672. The number of hydrogen-bond acceptors (Lipinski definition) is 4. The van der Waals surface area contributed by atoms with Crippen LogP contribution in [0.4, 0.5) is 0 Å². The first-order valence-electron chi connectivity index (χ1n) is 5.85. The molecule has 1 aliphatic rings. The number of carboxylic acids is 1. The van der Waals surface area contributed by atoms with Gasteiger partial charge in [-0.2, -0.15) is 0 Å². The summed E-state index contributed by atoms with van der Waals surface area (Å²) in [5.41, 5.74) is 0. The molecular formula is C11H19NO5. The largest absolute Gasteiger partial charge is 0.479 e. The summed E-state index contributed by atoms with van der Waals surface area (Å²) in [5, 5.41) is 8.80. The first-order valence-corrected chi connectivity index (χ1v) is 5.85. The zero-order valence-corrected chi connectivity index (χ0v) is 10.1. The van der Waals surface area contributed by atoms with Crippen LogP contribution < -0.4 is 0 Å². The van der Waals surface area contributed by atoms with Crippen LogP contribution in [0.5, 0.6) is 0 Å². The number of rotatable bonds is 6. The first kappa shape index (κ1) is 13.9. The average Bonchev–Trinajstić information content (AvgIpc) is 2.34. The number of carboxylic acid groups (broad SMARTS) is 1. The molecule has 1 heterocycles. The van der Waals surface area contributed by atoms with Crippen molar-refractivity contribution < 1.29 is 24.2 Å². The highest BCUT2D eigenvalue weighted by Gasteiger charge is 2.28. The van der Waals surface area contributed by atoms with E-state index in [1.165, 1.54) is 4.90 Å². The molecule has 0 bridgehead atoms. The second kappa shape index (κ2) is 7.24. The van der Waals surface area contributed by atoms with Gasteiger partial charge < -0.3 is 19.5 Å². The Kier molecular flexibility index (Phi) is 5.93. The van der Waals surface area contributed by atoms with E-state index in [4.69, 9.17) is 14.6 Å². The molecule has 17 heavy (non-hydrogen) atoms. The lowest BCUT2D eigenvalue weighted by Gasteiger charge is -2.30. The molecule has 0 spiro atoms. The molecule has 1 rings (SSSR count). The van der Waals surface area contributed by atoms with Crippen molar-refractivity contribution in [2.45, 2.75) is 25.9 Å². The minimum absolute atomic E-state index is 0.0735. The highest BCUT2D eigenvalue weighted by molar-refractivity contribution is 5.78. The first-order chi connectivity index (χ1) is 8.15. The van der Waals surface area contributed by atoms with E-state index in [0.29, 0.717) is 26.2 Å². The third-order valence-electron chi connectivity index (χ3n) is 2.50. The van der Waals surface area contributed by atoms with Crippen molar-refractivity contribution in [3.63, 3.8) is 0 Å². The molecule has 98 valence electrons. The summed E-state index contributed by atoms with van der Waals surface area (Å²) in [5.74, 6) is -1.10. The molecule has 0 aliphatic carbocycles. The second-order valence-corrected chi connectivity index (χ2v) is 3.90. The molecule has 0 aromatic heterocycles. The van der Waals surface area contributed by atoms with Gasteiger partial charge in [-0.15, -0.1) is 0 Å². The lowest BCUT2D eigenvalue weighted by atomic mass is 10.2. The van der Waals surface area contributed by atoms with E-state index in [1.807, 2.05) is 6.92 Å². The van der Waals surface area contributed by atoms with Gasteiger partial charge in [0.1, 0.15) is 0 Å². The van der Waals surface area contributed by atoms with Crippen LogP contribution in [0.3, 0.4) is 0 Å². The van der Waals surface area contributed by atoms with Gasteiger partial charge >= 0.3 is 5.97 Å². The molecular weight excluding hydrogens is 226 g/mol. The highest BCUT2D eigenvalue weighted by atomic mass is 16.5. The Hall–Kier alpha value is -1.14. The summed E-state index contributed by atoms with van der Waals surface area (Å²) in [4.78, 5) is 24.0. The van der Waals surface area contributed by atoms with Crippen LogP contribution in [0.15, 0.2) is 0 Å². The topological polar surface area (TPSA) is 76.1 Å². The molecule has 1 unspecified atom stereocenters. The van der Waals surface area contributed by atoms with Crippen LogP contribution >= 0.6 is 0 Å². The lowest BCUT2D eigenvalue weighted by molar-refractivity contribution is -0.159. The molecule has 1 aliphatic heterocycles. The monoisotopic (exact) mass is 245 g/mol. The predicted molar refractivity (Wildman–Crippen MR) is 59.7 cm³/mol. The Morgan fingerprint density at radius 1 is 1.47 bits per heavy atom. The Morgan fingerprint density at radius 2 is 2.24 bits per heavy atom. The van der Waals surface area contributed by atoms with Crippen molar-refractivity contribution in [2.75, 3.05) is 32.9 Å².